The van der Waals surface area contributed by atoms with E-state index in [1.165, 1.54) is 7.11 Å². The summed E-state index contributed by atoms with van der Waals surface area (Å²) in [6.45, 7) is 2.07. The van der Waals surface area contributed by atoms with Gasteiger partial charge in [-0.2, -0.15) is 0 Å². The van der Waals surface area contributed by atoms with Gasteiger partial charge >= 0.3 is 5.97 Å². The highest BCUT2D eigenvalue weighted by Gasteiger charge is 2.11. The molecule has 2 N–H and O–H groups in total. The van der Waals surface area contributed by atoms with E-state index in [1.54, 1.807) is 12.2 Å². The van der Waals surface area contributed by atoms with Crippen molar-refractivity contribution in [2.24, 2.45) is 0 Å². The normalized spacial score (nSPS) is 14.8. The molecule has 0 aliphatic rings. The van der Waals surface area contributed by atoms with E-state index in [0.717, 1.165) is 38.5 Å². The lowest BCUT2D eigenvalue weighted by Crippen LogP contribution is -2.23. The Bertz CT molecular complexity index is 372. The number of unbranched alkanes of at least 4 members (excludes halogenated alkanes) is 4. The van der Waals surface area contributed by atoms with Crippen LogP contribution < -0.4 is 0 Å². The Balaban J connectivity index is 3.66. The summed E-state index contributed by atoms with van der Waals surface area (Å²) in [5.41, 5.74) is 0. The van der Waals surface area contributed by atoms with Gasteiger partial charge in [-0.25, -0.2) is 0 Å². The van der Waals surface area contributed by atoms with E-state index in [0.29, 0.717) is 12.8 Å². The zero-order valence-corrected chi connectivity index (χ0v) is 14.5. The number of esters is 1. The van der Waals surface area contributed by atoms with Crippen LogP contribution in [0.2, 0.25) is 0 Å². The predicted octanol–water partition coefficient (Wildman–Crippen LogP) is 3.69. The number of aliphatic hydroxyl groups is 2. The molecule has 0 bridgehead atoms. The van der Waals surface area contributed by atoms with Crippen molar-refractivity contribution in [1.82, 2.24) is 0 Å². The second-order valence-corrected chi connectivity index (χ2v) is 5.55. The lowest BCUT2D eigenvalue weighted by Gasteiger charge is -2.14. The fraction of sp³-hybridized carbons (Fsp3) is 0.632. The van der Waals surface area contributed by atoms with E-state index in [4.69, 9.17) is 0 Å². The lowest BCUT2D eigenvalue weighted by atomic mass is 10.0. The highest BCUT2D eigenvalue weighted by Crippen LogP contribution is 2.11. The SMILES string of the molecule is CC\C=C/C=C/C=C/[C@H](O)[C@@H](O)CCCCCCCC(=O)OC. The van der Waals surface area contributed by atoms with Crippen LogP contribution in [0.4, 0.5) is 0 Å². The van der Waals surface area contributed by atoms with Gasteiger partial charge in [0.1, 0.15) is 0 Å². The van der Waals surface area contributed by atoms with Gasteiger partial charge in [-0.3, -0.25) is 4.79 Å². The molecular formula is C19H32O4. The monoisotopic (exact) mass is 324 g/mol. The van der Waals surface area contributed by atoms with Crippen LogP contribution in [0.5, 0.6) is 0 Å². The smallest absolute Gasteiger partial charge is 0.305 e. The van der Waals surface area contributed by atoms with Crippen molar-refractivity contribution in [2.45, 2.75) is 70.5 Å². The maximum Gasteiger partial charge on any atom is 0.305 e. The van der Waals surface area contributed by atoms with Gasteiger partial charge in [-0.05, 0) is 19.3 Å². The predicted molar refractivity (Wildman–Crippen MR) is 94.1 cm³/mol. The van der Waals surface area contributed by atoms with Crippen LogP contribution in [0, 0.1) is 0 Å². The van der Waals surface area contributed by atoms with Crippen LogP contribution in [-0.2, 0) is 9.53 Å². The number of hydrogen-bond acceptors (Lipinski definition) is 4. The van der Waals surface area contributed by atoms with Gasteiger partial charge in [0.05, 0.1) is 19.3 Å². The Morgan fingerprint density at radius 1 is 1.00 bits per heavy atom. The first-order chi connectivity index (χ1) is 11.1. The highest BCUT2D eigenvalue weighted by atomic mass is 16.5. The number of aliphatic hydroxyl groups excluding tert-OH is 2. The molecule has 0 radical (unpaired) electrons. The number of hydrogen-bond donors (Lipinski definition) is 2. The van der Waals surface area contributed by atoms with Gasteiger partial charge in [-0.15, -0.1) is 0 Å². The van der Waals surface area contributed by atoms with Crippen LogP contribution >= 0.6 is 0 Å². The molecule has 0 aromatic rings. The Labute approximate surface area is 140 Å². The Hall–Kier alpha value is -1.39. The first-order valence-electron chi connectivity index (χ1n) is 8.54. The van der Waals surface area contributed by atoms with E-state index in [-0.39, 0.29) is 5.97 Å². The lowest BCUT2D eigenvalue weighted by molar-refractivity contribution is -0.140. The van der Waals surface area contributed by atoms with Gasteiger partial charge in [0.2, 0.25) is 0 Å². The Morgan fingerprint density at radius 2 is 1.65 bits per heavy atom. The van der Waals surface area contributed by atoms with Crippen LogP contribution in [0.1, 0.15) is 58.3 Å². The number of carbonyl (C=O) groups excluding carboxylic acids is 1. The summed E-state index contributed by atoms with van der Waals surface area (Å²) in [5, 5.41) is 19.7. The van der Waals surface area contributed by atoms with E-state index in [1.807, 2.05) is 24.3 Å². The third kappa shape index (κ3) is 14.0. The third-order valence-corrected chi connectivity index (χ3v) is 3.52. The molecule has 0 aromatic heterocycles. The van der Waals surface area contributed by atoms with Crippen LogP contribution in [0.15, 0.2) is 36.5 Å². The van der Waals surface area contributed by atoms with Crippen molar-refractivity contribution in [2.75, 3.05) is 7.11 Å². The molecule has 2 atom stereocenters. The van der Waals surface area contributed by atoms with Gasteiger partial charge in [-0.1, -0.05) is 69.1 Å². The highest BCUT2D eigenvalue weighted by molar-refractivity contribution is 5.68. The van der Waals surface area contributed by atoms with Crippen molar-refractivity contribution >= 4 is 5.97 Å². The van der Waals surface area contributed by atoms with Gasteiger partial charge < -0.3 is 14.9 Å². The first kappa shape index (κ1) is 21.6. The molecule has 0 aliphatic carbocycles. The second-order valence-electron chi connectivity index (χ2n) is 5.55. The summed E-state index contributed by atoms with van der Waals surface area (Å²) in [7, 11) is 1.40. The molecule has 23 heavy (non-hydrogen) atoms. The number of carbonyl (C=O) groups is 1. The molecule has 4 nitrogen and oxygen atoms in total. The minimum atomic E-state index is -0.825. The fourth-order valence-electron chi connectivity index (χ4n) is 2.08. The number of methoxy groups -OCH3 is 1. The fourth-order valence-corrected chi connectivity index (χ4v) is 2.08. The first-order valence-corrected chi connectivity index (χ1v) is 8.54. The van der Waals surface area contributed by atoms with Crippen LogP contribution in [-0.4, -0.2) is 35.5 Å². The van der Waals surface area contributed by atoms with Gasteiger partial charge in [0.25, 0.3) is 0 Å². The molecule has 0 fully saturated rings. The summed E-state index contributed by atoms with van der Waals surface area (Å²) >= 11 is 0. The molecule has 132 valence electrons. The van der Waals surface area contributed by atoms with E-state index >= 15 is 0 Å². The van der Waals surface area contributed by atoms with Gasteiger partial charge in [0.15, 0.2) is 0 Å². The van der Waals surface area contributed by atoms with E-state index < -0.39 is 12.2 Å². The average molecular weight is 324 g/mol. The summed E-state index contributed by atoms with van der Waals surface area (Å²) in [5.74, 6) is -0.158. The Kier molecular flexibility index (Phi) is 14.6. The minimum Gasteiger partial charge on any atom is -0.469 e. The molecule has 0 amide bonds. The molecular weight excluding hydrogens is 292 g/mol. The summed E-state index contributed by atoms with van der Waals surface area (Å²) in [4.78, 5) is 10.9. The number of allylic oxidation sites excluding steroid dienone is 5. The van der Waals surface area contributed by atoms with Crippen molar-refractivity contribution < 1.29 is 19.7 Å². The largest absolute Gasteiger partial charge is 0.469 e. The standard InChI is InChI=1S/C19H32O4/c1-3-4-5-6-8-11-14-17(20)18(21)15-12-9-7-10-13-16-19(22)23-2/h4-6,8,11,14,17-18,20-21H,3,7,9-10,12-13,15-16H2,1-2H3/b5-4-,8-6+,14-11+/t17-,18-/m0/s1. The topological polar surface area (TPSA) is 66.8 Å². The van der Waals surface area contributed by atoms with E-state index in [9.17, 15) is 15.0 Å². The van der Waals surface area contributed by atoms with Gasteiger partial charge in [0, 0.05) is 6.42 Å². The molecule has 0 spiro atoms. The number of ether oxygens (including phenoxy) is 1. The molecule has 0 saturated carbocycles. The number of rotatable bonds is 13. The molecule has 0 heterocycles. The van der Waals surface area contributed by atoms with Crippen LogP contribution in [0.25, 0.3) is 0 Å². The molecule has 0 aromatic carbocycles. The summed E-state index contributed by atoms with van der Waals surface area (Å²) < 4.78 is 4.58. The molecule has 0 aliphatic heterocycles. The average Bonchev–Trinajstić information content (AvgIpc) is 2.56. The maximum atomic E-state index is 10.9. The van der Waals surface area contributed by atoms with Crippen molar-refractivity contribution in [3.63, 3.8) is 0 Å². The summed E-state index contributed by atoms with van der Waals surface area (Å²) in [6.07, 6.45) is 16.3. The zero-order valence-electron chi connectivity index (χ0n) is 14.5. The molecule has 0 unspecified atom stereocenters. The van der Waals surface area contributed by atoms with Crippen molar-refractivity contribution in [3.05, 3.63) is 36.5 Å². The van der Waals surface area contributed by atoms with Crippen LogP contribution in [0.3, 0.4) is 0 Å². The molecule has 0 rings (SSSR count). The quantitative estimate of drug-likeness (QED) is 0.308. The third-order valence-electron chi connectivity index (χ3n) is 3.52. The second kappa shape index (κ2) is 15.5. The minimum absolute atomic E-state index is 0.158. The Morgan fingerprint density at radius 3 is 2.35 bits per heavy atom. The van der Waals surface area contributed by atoms with E-state index in [2.05, 4.69) is 11.7 Å². The molecule has 0 saturated heterocycles. The maximum absolute atomic E-state index is 10.9. The molecule has 4 heteroatoms. The van der Waals surface area contributed by atoms with Crippen molar-refractivity contribution in [3.8, 4) is 0 Å². The zero-order chi connectivity index (χ0) is 17.3. The summed E-state index contributed by atoms with van der Waals surface area (Å²) in [6, 6.07) is 0. The van der Waals surface area contributed by atoms with Crippen molar-refractivity contribution in [1.29, 1.82) is 0 Å².